The van der Waals surface area contributed by atoms with Gasteiger partial charge < -0.3 is 11.1 Å². The van der Waals surface area contributed by atoms with E-state index in [4.69, 9.17) is 5.73 Å². The number of hydrogen-bond donors (Lipinski definition) is 2. The summed E-state index contributed by atoms with van der Waals surface area (Å²) in [6, 6.07) is 1.97. The van der Waals surface area contributed by atoms with E-state index in [2.05, 4.69) is 5.32 Å². The molecule has 1 atom stereocenters. The van der Waals surface area contributed by atoms with Crippen LogP contribution < -0.4 is 11.1 Å². The van der Waals surface area contributed by atoms with Crippen LogP contribution in [0.15, 0.2) is 12.1 Å². The van der Waals surface area contributed by atoms with Gasteiger partial charge in [0.2, 0.25) is 0 Å². The van der Waals surface area contributed by atoms with E-state index in [1.54, 1.807) is 14.0 Å². The van der Waals surface area contributed by atoms with Crippen molar-refractivity contribution >= 4 is 5.69 Å². The lowest BCUT2D eigenvalue weighted by molar-refractivity contribution is 0.146. The van der Waals surface area contributed by atoms with Gasteiger partial charge in [0, 0.05) is 17.3 Å². The van der Waals surface area contributed by atoms with E-state index >= 15 is 0 Å². The molecule has 0 radical (unpaired) electrons. The topological polar surface area (TPSA) is 38.0 Å². The van der Waals surface area contributed by atoms with Gasteiger partial charge in [-0.15, -0.1) is 0 Å². The van der Waals surface area contributed by atoms with E-state index in [0.29, 0.717) is 0 Å². The lowest BCUT2D eigenvalue weighted by Gasteiger charge is -2.15. The lowest BCUT2D eigenvalue weighted by Crippen LogP contribution is -2.15. The molecule has 0 amide bonds. The molecular weight excluding hydrogens is 205 g/mol. The molecule has 0 heterocycles. The predicted octanol–water partition coefficient (Wildman–Crippen LogP) is 2.63. The fourth-order valence-electron chi connectivity index (χ4n) is 1.32. The van der Waals surface area contributed by atoms with Gasteiger partial charge in [-0.1, -0.05) is 0 Å². The van der Waals surface area contributed by atoms with Gasteiger partial charge in [0.15, 0.2) is 0 Å². The normalized spacial score (nSPS) is 13.2. The molecule has 5 heteroatoms. The quantitative estimate of drug-likeness (QED) is 0.765. The van der Waals surface area contributed by atoms with Crippen molar-refractivity contribution in [1.29, 1.82) is 0 Å². The number of anilines is 1. The van der Waals surface area contributed by atoms with Crippen molar-refractivity contribution < 1.29 is 13.2 Å². The SMILES string of the molecule is CN[C@H](C)c1cc(N)cc(C(F)F)c1F. The zero-order valence-corrected chi connectivity index (χ0v) is 8.52. The van der Waals surface area contributed by atoms with Gasteiger partial charge in [-0.05, 0) is 26.1 Å². The molecule has 0 fully saturated rings. The second-order valence-electron chi connectivity index (χ2n) is 3.32. The fourth-order valence-corrected chi connectivity index (χ4v) is 1.32. The number of alkyl halides is 2. The highest BCUT2D eigenvalue weighted by molar-refractivity contribution is 5.47. The first-order chi connectivity index (χ1) is 6.97. The highest BCUT2D eigenvalue weighted by Crippen LogP contribution is 2.29. The average molecular weight is 218 g/mol. The van der Waals surface area contributed by atoms with Crippen LogP contribution in [0, 0.1) is 5.82 Å². The molecule has 0 saturated carbocycles. The van der Waals surface area contributed by atoms with Crippen LogP contribution in [-0.4, -0.2) is 7.05 Å². The van der Waals surface area contributed by atoms with Gasteiger partial charge in [0.05, 0.1) is 5.56 Å². The number of halogens is 3. The minimum absolute atomic E-state index is 0.142. The van der Waals surface area contributed by atoms with Crippen LogP contribution in [0.25, 0.3) is 0 Å². The molecule has 0 unspecified atom stereocenters. The first-order valence-electron chi connectivity index (χ1n) is 4.51. The van der Waals surface area contributed by atoms with E-state index in [1.807, 2.05) is 0 Å². The molecule has 0 aliphatic heterocycles. The summed E-state index contributed by atoms with van der Waals surface area (Å²) in [6.07, 6.45) is -2.85. The maximum absolute atomic E-state index is 13.6. The summed E-state index contributed by atoms with van der Waals surface area (Å²) < 4.78 is 38.4. The summed E-state index contributed by atoms with van der Waals surface area (Å²) in [5, 5.41) is 2.77. The third-order valence-electron chi connectivity index (χ3n) is 2.29. The smallest absolute Gasteiger partial charge is 0.266 e. The Labute approximate surface area is 86.3 Å². The van der Waals surface area contributed by atoms with Crippen LogP contribution in [0.4, 0.5) is 18.9 Å². The van der Waals surface area contributed by atoms with E-state index in [0.717, 1.165) is 6.07 Å². The van der Waals surface area contributed by atoms with Crippen LogP contribution >= 0.6 is 0 Å². The summed E-state index contributed by atoms with van der Waals surface area (Å²) in [7, 11) is 1.62. The van der Waals surface area contributed by atoms with Gasteiger partial charge in [0.1, 0.15) is 5.82 Å². The molecule has 0 aromatic heterocycles. The molecule has 0 aliphatic carbocycles. The minimum Gasteiger partial charge on any atom is -0.399 e. The maximum atomic E-state index is 13.6. The number of nitrogens with one attached hydrogen (secondary N) is 1. The van der Waals surface area contributed by atoms with Crippen molar-refractivity contribution in [2.75, 3.05) is 12.8 Å². The van der Waals surface area contributed by atoms with Gasteiger partial charge >= 0.3 is 0 Å². The highest BCUT2D eigenvalue weighted by Gasteiger charge is 2.19. The van der Waals surface area contributed by atoms with E-state index in [1.165, 1.54) is 6.07 Å². The van der Waals surface area contributed by atoms with Crippen LogP contribution in [0.2, 0.25) is 0 Å². The van der Waals surface area contributed by atoms with Crippen LogP contribution in [0.3, 0.4) is 0 Å². The summed E-state index contributed by atoms with van der Waals surface area (Å²) in [5.74, 6) is -0.888. The number of nitrogen functional groups attached to an aromatic ring is 1. The molecule has 15 heavy (non-hydrogen) atoms. The first kappa shape index (κ1) is 11.8. The molecule has 0 spiro atoms. The molecule has 0 saturated heterocycles. The van der Waals surface area contributed by atoms with Gasteiger partial charge in [-0.25, -0.2) is 13.2 Å². The Morgan fingerprint density at radius 1 is 1.27 bits per heavy atom. The summed E-state index contributed by atoms with van der Waals surface area (Å²) >= 11 is 0. The van der Waals surface area contributed by atoms with Crippen molar-refractivity contribution in [3.05, 3.63) is 29.1 Å². The fraction of sp³-hybridized carbons (Fsp3) is 0.400. The molecule has 1 aromatic rings. The van der Waals surface area contributed by atoms with Gasteiger partial charge in [-0.2, -0.15) is 0 Å². The molecule has 0 aliphatic rings. The van der Waals surface area contributed by atoms with Gasteiger partial charge in [-0.3, -0.25) is 0 Å². The molecule has 1 rings (SSSR count). The molecule has 0 bridgehead atoms. The summed E-state index contributed by atoms with van der Waals surface area (Å²) in [6.45, 7) is 1.67. The zero-order chi connectivity index (χ0) is 11.6. The van der Waals surface area contributed by atoms with Crippen LogP contribution in [0.5, 0.6) is 0 Å². The molecule has 1 aromatic carbocycles. The second kappa shape index (κ2) is 4.53. The standard InChI is InChI=1S/C10H13F3N2/c1-5(15-2)7-3-6(14)4-8(9(7)11)10(12)13/h3-5,10,15H,14H2,1-2H3/t5-/m1/s1. The molecule has 84 valence electrons. The predicted molar refractivity (Wildman–Crippen MR) is 53.2 cm³/mol. The van der Waals surface area contributed by atoms with Crippen molar-refractivity contribution in [3.63, 3.8) is 0 Å². The third kappa shape index (κ3) is 2.41. The molecule has 2 nitrogen and oxygen atoms in total. The highest BCUT2D eigenvalue weighted by atomic mass is 19.3. The van der Waals surface area contributed by atoms with Crippen molar-refractivity contribution in [2.24, 2.45) is 0 Å². The van der Waals surface area contributed by atoms with Crippen molar-refractivity contribution in [3.8, 4) is 0 Å². The Balaban J connectivity index is 3.28. The number of benzene rings is 1. The molecule has 3 N–H and O–H groups in total. The van der Waals surface area contributed by atoms with E-state index < -0.39 is 17.8 Å². The maximum Gasteiger partial charge on any atom is 0.266 e. The van der Waals surface area contributed by atoms with Gasteiger partial charge in [0.25, 0.3) is 6.43 Å². The molecular formula is C10H13F3N2. The number of nitrogens with two attached hydrogens (primary N) is 1. The van der Waals surface area contributed by atoms with Crippen molar-refractivity contribution in [2.45, 2.75) is 19.4 Å². The van der Waals surface area contributed by atoms with Crippen LogP contribution in [-0.2, 0) is 0 Å². The van der Waals surface area contributed by atoms with Crippen molar-refractivity contribution in [1.82, 2.24) is 5.32 Å². The first-order valence-corrected chi connectivity index (χ1v) is 4.51. The Morgan fingerprint density at radius 3 is 2.27 bits per heavy atom. The number of rotatable bonds is 3. The van der Waals surface area contributed by atoms with Crippen LogP contribution in [0.1, 0.15) is 30.5 Å². The summed E-state index contributed by atoms with van der Waals surface area (Å²) in [5.41, 5.74) is 5.09. The second-order valence-corrected chi connectivity index (χ2v) is 3.32. The Hall–Kier alpha value is -1.23. The third-order valence-corrected chi connectivity index (χ3v) is 2.29. The Kier molecular flexibility index (Phi) is 3.57. The van der Waals surface area contributed by atoms with E-state index in [9.17, 15) is 13.2 Å². The minimum atomic E-state index is -2.85. The number of hydrogen-bond acceptors (Lipinski definition) is 2. The Bertz CT molecular complexity index is 353. The summed E-state index contributed by atoms with van der Waals surface area (Å²) in [4.78, 5) is 0. The zero-order valence-electron chi connectivity index (χ0n) is 8.52. The monoisotopic (exact) mass is 218 g/mol. The average Bonchev–Trinajstić information content (AvgIpc) is 2.19. The van der Waals surface area contributed by atoms with E-state index in [-0.39, 0.29) is 17.3 Å². The Morgan fingerprint density at radius 2 is 1.80 bits per heavy atom. The lowest BCUT2D eigenvalue weighted by atomic mass is 10.0. The largest absolute Gasteiger partial charge is 0.399 e.